The molecule has 100 valence electrons. The van der Waals surface area contributed by atoms with Crippen LogP contribution in [0.25, 0.3) is 5.57 Å². The van der Waals surface area contributed by atoms with Gasteiger partial charge in [0, 0.05) is 5.57 Å². The Balaban J connectivity index is 2.67. The molecule has 0 amide bonds. The molecule has 0 radical (unpaired) electrons. The molecule has 0 saturated heterocycles. The van der Waals surface area contributed by atoms with Gasteiger partial charge in [-0.1, -0.05) is 12.1 Å². The zero-order valence-corrected chi connectivity index (χ0v) is 9.86. The van der Waals surface area contributed by atoms with Gasteiger partial charge in [0.1, 0.15) is 5.57 Å². The lowest BCUT2D eigenvalue weighted by Crippen LogP contribution is -2.25. The third-order valence-electron chi connectivity index (χ3n) is 2.72. The van der Waals surface area contributed by atoms with Gasteiger partial charge in [-0.15, -0.1) is 0 Å². The highest BCUT2D eigenvalue weighted by Gasteiger charge is 2.43. The second-order valence-corrected chi connectivity index (χ2v) is 4.00. The molecule has 20 heavy (non-hydrogen) atoms. The predicted octanol–water partition coefficient (Wildman–Crippen LogP) is 2.58. The van der Waals surface area contributed by atoms with Gasteiger partial charge < -0.3 is 0 Å². The van der Waals surface area contributed by atoms with Gasteiger partial charge in [-0.2, -0.15) is 18.4 Å². The highest BCUT2D eigenvalue weighted by Crippen LogP contribution is 2.36. The number of carbonyl (C=O) groups is 2. The summed E-state index contributed by atoms with van der Waals surface area (Å²) in [6, 6.07) is 6.81. The molecule has 0 bridgehead atoms. The quantitative estimate of drug-likeness (QED) is 0.741. The van der Waals surface area contributed by atoms with Crippen LogP contribution in [-0.4, -0.2) is 17.7 Å². The molecule has 1 aromatic rings. The Morgan fingerprint density at radius 1 is 0.950 bits per heavy atom. The van der Waals surface area contributed by atoms with Gasteiger partial charge in [0.25, 0.3) is 0 Å². The molecule has 1 aliphatic carbocycles. The average Bonchev–Trinajstić information content (AvgIpc) is 2.40. The van der Waals surface area contributed by atoms with Crippen LogP contribution in [0, 0.1) is 11.3 Å². The Bertz CT molecular complexity index is 689. The third kappa shape index (κ3) is 2.38. The number of benzene rings is 1. The van der Waals surface area contributed by atoms with Crippen molar-refractivity contribution < 1.29 is 22.8 Å². The summed E-state index contributed by atoms with van der Waals surface area (Å²) in [4.78, 5) is 23.1. The summed E-state index contributed by atoms with van der Waals surface area (Å²) < 4.78 is 38.8. The standard InChI is InChI=1S/C14H6F3NO2/c15-14(16,17)13-11(20)6-5-10(19)12(13)9-3-1-8(7-18)2-4-9/h1-6H. The lowest BCUT2D eigenvalue weighted by molar-refractivity contribution is -0.126. The van der Waals surface area contributed by atoms with Crippen molar-refractivity contribution in [2.24, 2.45) is 0 Å². The molecule has 0 saturated carbocycles. The Morgan fingerprint density at radius 3 is 2.00 bits per heavy atom. The first-order valence-electron chi connectivity index (χ1n) is 5.43. The third-order valence-corrected chi connectivity index (χ3v) is 2.72. The molecule has 0 fully saturated rings. The normalized spacial score (nSPS) is 15.5. The van der Waals surface area contributed by atoms with Gasteiger partial charge in [-0.25, -0.2) is 0 Å². The van der Waals surface area contributed by atoms with Crippen molar-refractivity contribution in [2.75, 3.05) is 0 Å². The van der Waals surface area contributed by atoms with Crippen LogP contribution in [0.5, 0.6) is 0 Å². The van der Waals surface area contributed by atoms with Crippen molar-refractivity contribution in [3.63, 3.8) is 0 Å². The van der Waals surface area contributed by atoms with Crippen LogP contribution in [0.1, 0.15) is 11.1 Å². The summed E-state index contributed by atoms with van der Waals surface area (Å²) in [5, 5.41) is 8.64. The molecule has 0 unspecified atom stereocenters. The predicted molar refractivity (Wildman–Crippen MR) is 63.3 cm³/mol. The van der Waals surface area contributed by atoms with Crippen molar-refractivity contribution in [3.8, 4) is 6.07 Å². The second kappa shape index (κ2) is 4.78. The van der Waals surface area contributed by atoms with Crippen LogP contribution in [0.2, 0.25) is 0 Å². The van der Waals surface area contributed by atoms with Crippen LogP contribution in [0.4, 0.5) is 13.2 Å². The van der Waals surface area contributed by atoms with Crippen LogP contribution >= 0.6 is 0 Å². The highest BCUT2D eigenvalue weighted by molar-refractivity contribution is 6.36. The minimum absolute atomic E-state index is 0.0426. The van der Waals surface area contributed by atoms with Gasteiger partial charge in [-0.05, 0) is 29.8 Å². The Hall–Kier alpha value is -2.68. The van der Waals surface area contributed by atoms with Gasteiger partial charge in [-0.3, -0.25) is 9.59 Å². The monoisotopic (exact) mass is 277 g/mol. The zero-order valence-electron chi connectivity index (χ0n) is 9.86. The van der Waals surface area contributed by atoms with E-state index in [0.717, 1.165) is 6.08 Å². The van der Waals surface area contributed by atoms with E-state index in [1.165, 1.54) is 24.3 Å². The number of alkyl halides is 3. The number of allylic oxidation sites excluding steroid dienone is 4. The fourth-order valence-electron chi connectivity index (χ4n) is 1.84. The SMILES string of the molecule is N#Cc1ccc(C2=C(C(F)(F)F)C(=O)C=CC2=O)cc1. The molecule has 0 aliphatic heterocycles. The van der Waals surface area contributed by atoms with Crippen molar-refractivity contribution in [1.29, 1.82) is 5.26 Å². The first kappa shape index (κ1) is 13.7. The molecule has 0 N–H and O–H groups in total. The Labute approximate surface area is 111 Å². The number of ketones is 2. The summed E-state index contributed by atoms with van der Waals surface area (Å²) in [5.74, 6) is -2.14. The Kier molecular flexibility index (Phi) is 3.28. The maximum absolute atomic E-state index is 12.9. The fourth-order valence-corrected chi connectivity index (χ4v) is 1.84. The number of rotatable bonds is 1. The van der Waals surface area contributed by atoms with Gasteiger partial charge in [0.05, 0.1) is 11.6 Å². The maximum atomic E-state index is 12.9. The largest absolute Gasteiger partial charge is 0.420 e. The van der Waals surface area contributed by atoms with E-state index in [2.05, 4.69) is 0 Å². The van der Waals surface area contributed by atoms with E-state index in [9.17, 15) is 22.8 Å². The maximum Gasteiger partial charge on any atom is 0.420 e. The lowest BCUT2D eigenvalue weighted by Gasteiger charge is -2.17. The van der Waals surface area contributed by atoms with Crippen molar-refractivity contribution >= 4 is 17.1 Å². The minimum Gasteiger partial charge on any atom is -0.289 e. The van der Waals surface area contributed by atoms with Gasteiger partial charge in [0.2, 0.25) is 0 Å². The Morgan fingerprint density at radius 2 is 1.50 bits per heavy atom. The number of halogens is 3. The zero-order chi connectivity index (χ0) is 14.9. The van der Waals surface area contributed by atoms with Crippen molar-refractivity contribution in [2.45, 2.75) is 6.18 Å². The van der Waals surface area contributed by atoms with E-state index in [0.29, 0.717) is 6.08 Å². The van der Waals surface area contributed by atoms with E-state index in [4.69, 9.17) is 5.26 Å². The minimum atomic E-state index is -4.92. The van der Waals surface area contributed by atoms with E-state index >= 15 is 0 Å². The summed E-state index contributed by atoms with van der Waals surface area (Å²) in [7, 11) is 0. The van der Waals surface area contributed by atoms with Crippen molar-refractivity contribution in [3.05, 3.63) is 53.1 Å². The molecule has 2 rings (SSSR count). The summed E-state index contributed by atoms with van der Waals surface area (Å²) in [6.07, 6.45) is -3.50. The molecule has 1 aromatic carbocycles. The number of nitrogens with zero attached hydrogens (tertiary/aromatic N) is 1. The number of hydrogen-bond donors (Lipinski definition) is 0. The molecule has 3 nitrogen and oxygen atoms in total. The van der Waals surface area contributed by atoms with Crippen LogP contribution in [0.15, 0.2) is 42.0 Å². The topological polar surface area (TPSA) is 57.9 Å². The summed E-state index contributed by atoms with van der Waals surface area (Å²) in [6.45, 7) is 0. The van der Waals surface area contributed by atoms with Crippen molar-refractivity contribution in [1.82, 2.24) is 0 Å². The van der Waals surface area contributed by atoms with E-state index in [-0.39, 0.29) is 11.1 Å². The molecule has 0 aromatic heterocycles. The fraction of sp³-hybridized carbons (Fsp3) is 0.0714. The first-order valence-corrected chi connectivity index (χ1v) is 5.43. The molecule has 1 aliphatic rings. The number of carbonyl (C=O) groups excluding carboxylic acids is 2. The molecular weight excluding hydrogens is 271 g/mol. The number of hydrogen-bond acceptors (Lipinski definition) is 3. The lowest BCUT2D eigenvalue weighted by atomic mass is 9.89. The van der Waals surface area contributed by atoms with E-state index < -0.39 is 28.9 Å². The van der Waals surface area contributed by atoms with Crippen LogP contribution in [-0.2, 0) is 9.59 Å². The van der Waals surface area contributed by atoms with E-state index in [1.54, 1.807) is 0 Å². The van der Waals surface area contributed by atoms with E-state index in [1.807, 2.05) is 6.07 Å². The smallest absolute Gasteiger partial charge is 0.289 e. The summed E-state index contributed by atoms with van der Waals surface area (Å²) in [5.41, 5.74) is -1.96. The van der Waals surface area contributed by atoms with Gasteiger partial charge in [0.15, 0.2) is 11.6 Å². The van der Waals surface area contributed by atoms with Crippen LogP contribution < -0.4 is 0 Å². The molecule has 6 heteroatoms. The molecule has 0 heterocycles. The average molecular weight is 277 g/mol. The summed E-state index contributed by atoms with van der Waals surface area (Å²) >= 11 is 0. The van der Waals surface area contributed by atoms with Crippen LogP contribution in [0.3, 0.4) is 0 Å². The molecule has 0 spiro atoms. The van der Waals surface area contributed by atoms with Gasteiger partial charge >= 0.3 is 6.18 Å². The first-order chi connectivity index (χ1) is 9.34. The highest BCUT2D eigenvalue weighted by atomic mass is 19.4. The molecular formula is C14H6F3NO2. The number of nitriles is 1. The molecule has 0 atom stereocenters. The second-order valence-electron chi connectivity index (χ2n) is 4.00.